The van der Waals surface area contributed by atoms with E-state index in [2.05, 4.69) is 27.0 Å². The zero-order valence-corrected chi connectivity index (χ0v) is 17.1. The monoisotopic (exact) mass is 436 g/mol. The minimum atomic E-state index is 0. The maximum atomic E-state index is 5.33. The van der Waals surface area contributed by atoms with Gasteiger partial charge in [0.05, 0.1) is 13.2 Å². The molecule has 1 unspecified atom stereocenters. The zero-order valence-electron chi connectivity index (χ0n) is 14.7. The molecule has 0 aliphatic carbocycles. The number of ether oxygens (including phenoxy) is 1. The van der Waals surface area contributed by atoms with Gasteiger partial charge in [0.2, 0.25) is 0 Å². The summed E-state index contributed by atoms with van der Waals surface area (Å²) in [6.45, 7) is 11.2. The van der Waals surface area contributed by atoms with Crippen LogP contribution in [0.2, 0.25) is 0 Å². The van der Waals surface area contributed by atoms with Crippen molar-refractivity contribution in [1.29, 1.82) is 0 Å². The predicted octanol–water partition coefficient (Wildman–Crippen LogP) is 2.02. The van der Waals surface area contributed by atoms with Gasteiger partial charge < -0.3 is 19.9 Å². The van der Waals surface area contributed by atoms with E-state index in [1.807, 2.05) is 7.05 Å². The van der Waals surface area contributed by atoms with E-state index < -0.39 is 0 Å². The minimum absolute atomic E-state index is 0. The highest BCUT2D eigenvalue weighted by molar-refractivity contribution is 14.0. The molecule has 0 aromatic carbocycles. The lowest BCUT2D eigenvalue weighted by Crippen LogP contribution is -2.51. The summed E-state index contributed by atoms with van der Waals surface area (Å²) in [5.41, 5.74) is 0.295. The number of likely N-dealkylation sites (tertiary alicyclic amines) is 2. The molecule has 0 aromatic rings. The van der Waals surface area contributed by atoms with Crippen LogP contribution in [-0.2, 0) is 4.74 Å². The summed E-state index contributed by atoms with van der Waals surface area (Å²) in [6.07, 6.45) is 5.50. The summed E-state index contributed by atoms with van der Waals surface area (Å²) in [4.78, 5) is 9.60. The van der Waals surface area contributed by atoms with Crippen LogP contribution in [0.4, 0.5) is 0 Å². The van der Waals surface area contributed by atoms with Crippen molar-refractivity contribution in [2.24, 2.45) is 16.3 Å². The van der Waals surface area contributed by atoms with Crippen molar-refractivity contribution >= 4 is 29.9 Å². The Morgan fingerprint density at radius 1 is 1.22 bits per heavy atom. The number of rotatable bonds is 4. The van der Waals surface area contributed by atoms with Crippen LogP contribution in [0.1, 0.15) is 32.6 Å². The highest BCUT2D eigenvalue weighted by Gasteiger charge is 2.34. The molecule has 3 saturated heterocycles. The molecule has 0 aromatic heterocycles. The first-order chi connectivity index (χ1) is 10.7. The number of guanidine groups is 1. The molecule has 6 heteroatoms. The molecule has 23 heavy (non-hydrogen) atoms. The first kappa shape index (κ1) is 19.2. The maximum Gasteiger partial charge on any atom is 0.193 e. The molecule has 0 radical (unpaired) electrons. The molecule has 3 aliphatic rings. The molecular weight excluding hydrogens is 403 g/mol. The highest BCUT2D eigenvalue weighted by atomic mass is 127. The topological polar surface area (TPSA) is 40.1 Å². The number of aliphatic imine (C=N–C) groups is 1. The van der Waals surface area contributed by atoms with Gasteiger partial charge in [0.1, 0.15) is 0 Å². The molecule has 1 atom stereocenters. The number of halogens is 1. The van der Waals surface area contributed by atoms with Crippen LogP contribution in [0, 0.1) is 11.3 Å². The van der Waals surface area contributed by atoms with Gasteiger partial charge in [-0.2, -0.15) is 0 Å². The average molecular weight is 436 g/mol. The molecule has 0 spiro atoms. The normalized spacial score (nSPS) is 28.2. The molecule has 3 fully saturated rings. The third-order valence-corrected chi connectivity index (χ3v) is 5.34. The fourth-order valence-electron chi connectivity index (χ4n) is 3.86. The summed E-state index contributed by atoms with van der Waals surface area (Å²) < 4.78 is 5.33. The molecule has 0 bridgehead atoms. The van der Waals surface area contributed by atoms with Gasteiger partial charge in [-0.15, -0.1) is 24.0 Å². The minimum Gasteiger partial charge on any atom is -0.380 e. The van der Waals surface area contributed by atoms with Crippen molar-refractivity contribution in [3.63, 3.8) is 0 Å². The van der Waals surface area contributed by atoms with Gasteiger partial charge >= 0.3 is 0 Å². The number of hydrogen-bond donors (Lipinski definition) is 1. The van der Waals surface area contributed by atoms with E-state index in [0.29, 0.717) is 5.41 Å². The van der Waals surface area contributed by atoms with E-state index in [1.165, 1.54) is 45.3 Å². The fourth-order valence-corrected chi connectivity index (χ4v) is 3.86. The highest BCUT2D eigenvalue weighted by Crippen LogP contribution is 2.25. The van der Waals surface area contributed by atoms with Crippen LogP contribution >= 0.6 is 24.0 Å². The van der Waals surface area contributed by atoms with E-state index in [4.69, 9.17) is 4.74 Å². The molecule has 5 nitrogen and oxygen atoms in total. The van der Waals surface area contributed by atoms with Gasteiger partial charge in [-0.25, -0.2) is 0 Å². The summed E-state index contributed by atoms with van der Waals surface area (Å²) in [5.74, 6) is 1.88. The first-order valence-electron chi connectivity index (χ1n) is 8.94. The molecule has 3 aliphatic heterocycles. The van der Waals surface area contributed by atoms with Gasteiger partial charge in [-0.3, -0.25) is 4.99 Å². The Bertz CT molecular complexity index is 394. The third kappa shape index (κ3) is 5.19. The lowest BCUT2D eigenvalue weighted by molar-refractivity contribution is -0.0972. The van der Waals surface area contributed by atoms with Gasteiger partial charge in [0, 0.05) is 38.6 Å². The van der Waals surface area contributed by atoms with Crippen molar-refractivity contribution in [3.8, 4) is 0 Å². The number of nitrogens with one attached hydrogen (secondary N) is 1. The van der Waals surface area contributed by atoms with Gasteiger partial charge in [-0.05, 0) is 38.3 Å². The Labute approximate surface area is 158 Å². The fraction of sp³-hybridized carbons (Fsp3) is 0.941. The largest absolute Gasteiger partial charge is 0.380 e. The number of nitrogens with zero attached hydrogens (tertiary/aromatic N) is 3. The molecule has 134 valence electrons. The van der Waals surface area contributed by atoms with Crippen LogP contribution in [-0.4, -0.2) is 75.3 Å². The smallest absolute Gasteiger partial charge is 0.193 e. The molecule has 3 rings (SSSR count). The van der Waals surface area contributed by atoms with E-state index >= 15 is 0 Å². The Morgan fingerprint density at radius 2 is 1.96 bits per heavy atom. The van der Waals surface area contributed by atoms with Gasteiger partial charge in [-0.1, -0.05) is 13.3 Å². The molecular formula is C17H33IN4O. The number of hydrogen-bond acceptors (Lipinski definition) is 3. The second-order valence-electron chi connectivity index (χ2n) is 7.67. The maximum absolute atomic E-state index is 5.33. The van der Waals surface area contributed by atoms with E-state index in [-0.39, 0.29) is 24.0 Å². The molecule has 1 N–H and O–H groups in total. The summed E-state index contributed by atoms with van der Waals surface area (Å²) in [5, 5.41) is 3.56. The van der Waals surface area contributed by atoms with Crippen molar-refractivity contribution in [2.75, 3.05) is 59.5 Å². The Kier molecular flexibility index (Phi) is 7.41. The Balaban J connectivity index is 0.00000192. The Hall–Kier alpha value is -0.0800. The second kappa shape index (κ2) is 8.85. The van der Waals surface area contributed by atoms with Gasteiger partial charge in [0.15, 0.2) is 5.96 Å². The van der Waals surface area contributed by atoms with E-state index in [9.17, 15) is 0 Å². The molecule has 0 saturated carbocycles. The second-order valence-corrected chi connectivity index (χ2v) is 7.67. The average Bonchev–Trinajstić information content (AvgIpc) is 2.95. The SMILES string of the molecule is CN=C(NCC1(C)COC1)N1CCC(CN2CCCCC2)C1.I. The summed E-state index contributed by atoms with van der Waals surface area (Å²) in [7, 11) is 1.90. The van der Waals surface area contributed by atoms with E-state index in [1.54, 1.807) is 0 Å². The standard InChI is InChI=1S/C17H32N4O.HI/c1-17(13-22-14-17)12-19-16(18-2)21-9-6-15(11-21)10-20-7-4-3-5-8-20;/h15H,3-14H2,1-2H3,(H,18,19);1H. The van der Waals surface area contributed by atoms with Crippen LogP contribution < -0.4 is 5.32 Å². The number of piperidine rings is 1. The van der Waals surface area contributed by atoms with Crippen molar-refractivity contribution in [1.82, 2.24) is 15.1 Å². The summed E-state index contributed by atoms with van der Waals surface area (Å²) in [6, 6.07) is 0. The Morgan fingerprint density at radius 3 is 2.57 bits per heavy atom. The van der Waals surface area contributed by atoms with Crippen LogP contribution in [0.5, 0.6) is 0 Å². The lowest BCUT2D eigenvalue weighted by atomic mass is 9.89. The first-order valence-corrected chi connectivity index (χ1v) is 8.94. The van der Waals surface area contributed by atoms with Crippen LogP contribution in [0.15, 0.2) is 4.99 Å². The van der Waals surface area contributed by atoms with Crippen LogP contribution in [0.3, 0.4) is 0 Å². The van der Waals surface area contributed by atoms with Crippen molar-refractivity contribution in [2.45, 2.75) is 32.6 Å². The van der Waals surface area contributed by atoms with Crippen molar-refractivity contribution < 1.29 is 4.74 Å². The molecule has 0 amide bonds. The van der Waals surface area contributed by atoms with Crippen LogP contribution in [0.25, 0.3) is 0 Å². The third-order valence-electron chi connectivity index (χ3n) is 5.34. The quantitative estimate of drug-likeness (QED) is 0.416. The van der Waals surface area contributed by atoms with Crippen molar-refractivity contribution in [3.05, 3.63) is 0 Å². The predicted molar refractivity (Wildman–Crippen MR) is 106 cm³/mol. The summed E-state index contributed by atoms with van der Waals surface area (Å²) >= 11 is 0. The van der Waals surface area contributed by atoms with E-state index in [0.717, 1.165) is 44.7 Å². The van der Waals surface area contributed by atoms with Gasteiger partial charge in [0.25, 0.3) is 0 Å². The zero-order chi connectivity index (χ0) is 15.4. The molecule has 3 heterocycles. The lowest BCUT2D eigenvalue weighted by Gasteiger charge is -2.39.